The van der Waals surface area contributed by atoms with Gasteiger partial charge in [0.2, 0.25) is 0 Å². The Morgan fingerprint density at radius 3 is 2.37 bits per heavy atom. The SMILES string of the molecule is NCCc1c(Cl)n(-c2ccccc2)c2ccccc12. The molecule has 3 rings (SSSR count). The topological polar surface area (TPSA) is 30.9 Å². The minimum absolute atomic E-state index is 0.600. The summed E-state index contributed by atoms with van der Waals surface area (Å²) in [7, 11) is 0. The van der Waals surface area contributed by atoms with E-state index in [1.54, 1.807) is 0 Å². The minimum Gasteiger partial charge on any atom is -0.330 e. The molecular weight excluding hydrogens is 256 g/mol. The Bertz CT molecular complexity index is 701. The van der Waals surface area contributed by atoms with Crippen molar-refractivity contribution in [1.82, 2.24) is 4.57 Å². The summed E-state index contributed by atoms with van der Waals surface area (Å²) >= 11 is 6.57. The highest BCUT2D eigenvalue weighted by atomic mass is 35.5. The molecular formula is C16H15ClN2. The van der Waals surface area contributed by atoms with Crippen LogP contribution >= 0.6 is 11.6 Å². The third-order valence-corrected chi connectivity index (χ3v) is 3.72. The first-order chi connectivity index (χ1) is 9.33. The number of para-hydroxylation sites is 2. The number of aromatic nitrogens is 1. The van der Waals surface area contributed by atoms with Crippen LogP contribution in [-0.2, 0) is 6.42 Å². The molecule has 0 aliphatic carbocycles. The van der Waals surface area contributed by atoms with Crippen molar-refractivity contribution in [3.63, 3.8) is 0 Å². The Morgan fingerprint density at radius 1 is 0.947 bits per heavy atom. The van der Waals surface area contributed by atoms with Gasteiger partial charge in [-0.25, -0.2) is 0 Å². The number of benzene rings is 2. The van der Waals surface area contributed by atoms with Gasteiger partial charge in [0.25, 0.3) is 0 Å². The van der Waals surface area contributed by atoms with Crippen LogP contribution in [0.25, 0.3) is 16.6 Å². The summed E-state index contributed by atoms with van der Waals surface area (Å²) in [4.78, 5) is 0. The summed E-state index contributed by atoms with van der Waals surface area (Å²) in [5.41, 5.74) is 9.03. The van der Waals surface area contributed by atoms with Crippen molar-refractivity contribution in [3.05, 3.63) is 65.3 Å². The second-order valence-corrected chi connectivity index (χ2v) is 4.85. The lowest BCUT2D eigenvalue weighted by atomic mass is 10.1. The molecule has 2 nitrogen and oxygen atoms in total. The molecule has 2 aromatic carbocycles. The summed E-state index contributed by atoms with van der Waals surface area (Å²) in [5, 5.41) is 1.94. The molecule has 2 N–H and O–H groups in total. The molecule has 3 aromatic rings. The van der Waals surface area contributed by atoms with Crippen LogP contribution in [0.15, 0.2) is 54.6 Å². The third-order valence-electron chi connectivity index (χ3n) is 3.32. The monoisotopic (exact) mass is 270 g/mol. The van der Waals surface area contributed by atoms with Crippen LogP contribution in [0.1, 0.15) is 5.56 Å². The lowest BCUT2D eigenvalue weighted by Crippen LogP contribution is -2.03. The highest BCUT2D eigenvalue weighted by Gasteiger charge is 2.15. The van der Waals surface area contributed by atoms with Gasteiger partial charge in [0.1, 0.15) is 5.15 Å². The van der Waals surface area contributed by atoms with E-state index in [2.05, 4.69) is 28.8 Å². The van der Waals surface area contributed by atoms with Crippen molar-refractivity contribution in [3.8, 4) is 5.69 Å². The Balaban J connectivity index is 2.33. The fraction of sp³-hybridized carbons (Fsp3) is 0.125. The first-order valence-corrected chi connectivity index (χ1v) is 6.74. The van der Waals surface area contributed by atoms with E-state index < -0.39 is 0 Å². The molecule has 1 heterocycles. The fourth-order valence-corrected chi connectivity index (χ4v) is 2.87. The van der Waals surface area contributed by atoms with E-state index in [0.717, 1.165) is 28.3 Å². The fourth-order valence-electron chi connectivity index (χ4n) is 2.49. The number of hydrogen-bond donors (Lipinski definition) is 1. The zero-order valence-corrected chi connectivity index (χ0v) is 11.3. The molecule has 96 valence electrons. The number of nitrogens with two attached hydrogens (primary N) is 1. The Hall–Kier alpha value is -1.77. The summed E-state index contributed by atoms with van der Waals surface area (Å²) in [5.74, 6) is 0. The van der Waals surface area contributed by atoms with E-state index in [1.165, 1.54) is 5.39 Å². The predicted molar refractivity (Wildman–Crippen MR) is 81.0 cm³/mol. The maximum absolute atomic E-state index is 6.57. The highest BCUT2D eigenvalue weighted by Crippen LogP contribution is 2.33. The molecule has 0 aliphatic rings. The first kappa shape index (κ1) is 12.3. The van der Waals surface area contributed by atoms with Gasteiger partial charge in [-0.3, -0.25) is 4.57 Å². The second kappa shape index (κ2) is 5.08. The molecule has 0 unspecified atom stereocenters. The average Bonchev–Trinajstić information content (AvgIpc) is 2.73. The van der Waals surface area contributed by atoms with Crippen molar-refractivity contribution in [1.29, 1.82) is 0 Å². The zero-order chi connectivity index (χ0) is 13.2. The number of nitrogens with zero attached hydrogens (tertiary/aromatic N) is 1. The van der Waals surface area contributed by atoms with Gasteiger partial charge in [-0.1, -0.05) is 48.0 Å². The van der Waals surface area contributed by atoms with Gasteiger partial charge in [-0.05, 0) is 36.7 Å². The molecule has 0 bridgehead atoms. The molecule has 0 fully saturated rings. The molecule has 0 saturated carbocycles. The summed E-state index contributed by atoms with van der Waals surface area (Å²) in [6, 6.07) is 18.4. The van der Waals surface area contributed by atoms with Crippen molar-refractivity contribution < 1.29 is 0 Å². The lowest BCUT2D eigenvalue weighted by molar-refractivity contribution is 0.967. The lowest BCUT2D eigenvalue weighted by Gasteiger charge is -2.06. The van der Waals surface area contributed by atoms with Crippen LogP contribution in [-0.4, -0.2) is 11.1 Å². The van der Waals surface area contributed by atoms with E-state index in [-0.39, 0.29) is 0 Å². The second-order valence-electron chi connectivity index (χ2n) is 4.50. The van der Waals surface area contributed by atoms with Crippen molar-refractivity contribution >= 4 is 22.5 Å². The first-order valence-electron chi connectivity index (χ1n) is 6.36. The van der Waals surface area contributed by atoms with Crippen LogP contribution in [0.5, 0.6) is 0 Å². The molecule has 1 aromatic heterocycles. The molecule has 19 heavy (non-hydrogen) atoms. The predicted octanol–water partition coefficient (Wildman–Crippen LogP) is 3.79. The van der Waals surface area contributed by atoms with Gasteiger partial charge in [-0.2, -0.15) is 0 Å². The Labute approximate surface area is 117 Å². The maximum atomic E-state index is 6.57. The molecule has 0 amide bonds. The van der Waals surface area contributed by atoms with Crippen LogP contribution in [0.2, 0.25) is 5.15 Å². The van der Waals surface area contributed by atoms with E-state index in [1.807, 2.05) is 30.3 Å². The zero-order valence-electron chi connectivity index (χ0n) is 10.5. The number of fused-ring (bicyclic) bond motifs is 1. The average molecular weight is 271 g/mol. The van der Waals surface area contributed by atoms with Gasteiger partial charge >= 0.3 is 0 Å². The minimum atomic E-state index is 0.600. The third kappa shape index (κ3) is 2.03. The molecule has 0 spiro atoms. The van der Waals surface area contributed by atoms with E-state index >= 15 is 0 Å². The molecule has 0 radical (unpaired) electrons. The Kier molecular flexibility index (Phi) is 3.28. The highest BCUT2D eigenvalue weighted by molar-refractivity contribution is 6.32. The van der Waals surface area contributed by atoms with Crippen LogP contribution < -0.4 is 5.73 Å². The van der Waals surface area contributed by atoms with Crippen molar-refractivity contribution in [2.24, 2.45) is 5.73 Å². The van der Waals surface area contributed by atoms with E-state index in [4.69, 9.17) is 17.3 Å². The van der Waals surface area contributed by atoms with Crippen LogP contribution in [0.3, 0.4) is 0 Å². The van der Waals surface area contributed by atoms with Crippen molar-refractivity contribution in [2.45, 2.75) is 6.42 Å². The molecule has 0 saturated heterocycles. The molecule has 0 atom stereocenters. The van der Waals surface area contributed by atoms with Gasteiger partial charge in [0.15, 0.2) is 0 Å². The number of rotatable bonds is 3. The summed E-state index contributed by atoms with van der Waals surface area (Å²) < 4.78 is 2.09. The molecule has 0 aliphatic heterocycles. The molecule has 3 heteroatoms. The van der Waals surface area contributed by atoms with Gasteiger partial charge in [0, 0.05) is 11.1 Å². The number of halogens is 1. The largest absolute Gasteiger partial charge is 0.330 e. The van der Waals surface area contributed by atoms with Crippen LogP contribution in [0.4, 0.5) is 0 Å². The summed E-state index contributed by atoms with van der Waals surface area (Å²) in [6.07, 6.45) is 0.791. The van der Waals surface area contributed by atoms with E-state index in [9.17, 15) is 0 Å². The smallest absolute Gasteiger partial charge is 0.117 e. The maximum Gasteiger partial charge on any atom is 0.117 e. The standard InChI is InChI=1S/C16H15ClN2/c17-16-14(10-11-18)13-8-4-5-9-15(13)19(16)12-6-2-1-3-7-12/h1-9H,10-11,18H2. The van der Waals surface area contributed by atoms with Gasteiger partial charge in [0.05, 0.1) is 5.52 Å². The Morgan fingerprint density at radius 2 is 1.63 bits per heavy atom. The normalized spacial score (nSPS) is 11.1. The van der Waals surface area contributed by atoms with Gasteiger partial charge in [-0.15, -0.1) is 0 Å². The quantitative estimate of drug-likeness (QED) is 0.771. The van der Waals surface area contributed by atoms with Crippen molar-refractivity contribution in [2.75, 3.05) is 6.54 Å². The summed E-state index contributed by atoms with van der Waals surface area (Å²) in [6.45, 7) is 0.600. The van der Waals surface area contributed by atoms with Gasteiger partial charge < -0.3 is 5.73 Å². The van der Waals surface area contributed by atoms with E-state index in [0.29, 0.717) is 6.54 Å². The number of hydrogen-bond acceptors (Lipinski definition) is 1. The van der Waals surface area contributed by atoms with Crippen LogP contribution in [0, 0.1) is 0 Å².